The molecule has 0 saturated heterocycles. The number of nitrogens with one attached hydrogen (secondary N) is 1. The molecule has 106 valence electrons. The van der Waals surface area contributed by atoms with Crippen LogP contribution >= 0.6 is 0 Å². The van der Waals surface area contributed by atoms with Gasteiger partial charge in [-0.25, -0.2) is 8.78 Å². The Morgan fingerprint density at radius 1 is 0.850 bits per heavy atom. The van der Waals surface area contributed by atoms with Crippen LogP contribution < -0.4 is 5.32 Å². The Balaban J connectivity index is 1.66. The van der Waals surface area contributed by atoms with Gasteiger partial charge in [0.1, 0.15) is 0 Å². The Kier molecular flexibility index (Phi) is 5.69. The van der Waals surface area contributed by atoms with Gasteiger partial charge in [-0.1, -0.05) is 54.6 Å². The van der Waals surface area contributed by atoms with E-state index in [1.807, 2.05) is 18.2 Å². The number of hydrogen-bond acceptors (Lipinski definition) is 1. The number of benzene rings is 2. The van der Waals surface area contributed by atoms with Crippen molar-refractivity contribution in [2.24, 2.45) is 0 Å². The topological polar surface area (TPSA) is 12.0 Å². The van der Waals surface area contributed by atoms with E-state index in [1.165, 1.54) is 17.7 Å². The molecular formula is C17H19F2N. The molecule has 2 aromatic carbocycles. The monoisotopic (exact) mass is 275 g/mol. The van der Waals surface area contributed by atoms with Gasteiger partial charge in [0.05, 0.1) is 0 Å². The minimum Gasteiger partial charge on any atom is -0.313 e. The summed E-state index contributed by atoms with van der Waals surface area (Å²) in [6.45, 7) is 1.64. The minimum absolute atomic E-state index is 0.0813. The second-order valence-electron chi connectivity index (χ2n) is 4.81. The van der Waals surface area contributed by atoms with E-state index in [0.717, 1.165) is 31.5 Å². The van der Waals surface area contributed by atoms with Gasteiger partial charge in [-0.2, -0.15) is 0 Å². The maximum atomic E-state index is 12.4. The van der Waals surface area contributed by atoms with Gasteiger partial charge in [0.2, 0.25) is 0 Å². The number of hydrogen-bond donors (Lipinski definition) is 1. The maximum Gasteiger partial charge on any atom is 0.263 e. The zero-order chi connectivity index (χ0) is 14.2. The van der Waals surface area contributed by atoms with Gasteiger partial charge in [-0.3, -0.25) is 0 Å². The molecule has 0 spiro atoms. The van der Waals surface area contributed by atoms with Crippen LogP contribution in [0.25, 0.3) is 0 Å². The largest absolute Gasteiger partial charge is 0.313 e. The van der Waals surface area contributed by atoms with E-state index in [2.05, 4.69) is 17.4 Å². The summed E-state index contributed by atoms with van der Waals surface area (Å²) in [5, 5.41) is 3.33. The van der Waals surface area contributed by atoms with Crippen LogP contribution in [0.1, 0.15) is 29.5 Å². The molecule has 0 aromatic heterocycles. The summed E-state index contributed by atoms with van der Waals surface area (Å²) in [4.78, 5) is 0. The lowest BCUT2D eigenvalue weighted by molar-refractivity contribution is 0.151. The standard InChI is InChI=1S/C17H19F2N/c18-17(19)16-10-8-15(9-11-16)13-20-12-4-7-14-5-2-1-3-6-14/h1-3,5-6,8-11,17,20H,4,7,12-13H2. The molecule has 1 N–H and O–H groups in total. The Hall–Kier alpha value is -1.74. The number of aryl methyl sites for hydroxylation is 1. The third kappa shape index (κ3) is 4.74. The minimum atomic E-state index is -2.39. The molecule has 0 amide bonds. The van der Waals surface area contributed by atoms with Gasteiger partial charge in [-0.05, 0) is 30.5 Å². The van der Waals surface area contributed by atoms with Crippen molar-refractivity contribution < 1.29 is 8.78 Å². The van der Waals surface area contributed by atoms with Crippen molar-refractivity contribution >= 4 is 0 Å². The summed E-state index contributed by atoms with van der Waals surface area (Å²) in [6.07, 6.45) is -0.264. The fraction of sp³-hybridized carbons (Fsp3) is 0.294. The van der Waals surface area contributed by atoms with Crippen LogP contribution in [-0.4, -0.2) is 6.54 Å². The molecular weight excluding hydrogens is 256 g/mol. The first-order chi connectivity index (χ1) is 9.75. The fourth-order valence-corrected chi connectivity index (χ4v) is 2.08. The normalized spacial score (nSPS) is 10.9. The average molecular weight is 275 g/mol. The van der Waals surface area contributed by atoms with Gasteiger partial charge in [0.25, 0.3) is 6.43 Å². The van der Waals surface area contributed by atoms with Crippen LogP contribution in [-0.2, 0) is 13.0 Å². The van der Waals surface area contributed by atoms with E-state index in [0.29, 0.717) is 0 Å². The first-order valence-electron chi connectivity index (χ1n) is 6.87. The van der Waals surface area contributed by atoms with Gasteiger partial charge in [0, 0.05) is 12.1 Å². The van der Waals surface area contributed by atoms with Crippen LogP contribution in [0, 0.1) is 0 Å². The second kappa shape index (κ2) is 7.75. The quantitative estimate of drug-likeness (QED) is 0.741. The van der Waals surface area contributed by atoms with Crippen molar-refractivity contribution in [2.75, 3.05) is 6.54 Å². The van der Waals surface area contributed by atoms with E-state index < -0.39 is 6.43 Å². The highest BCUT2D eigenvalue weighted by Gasteiger charge is 2.05. The smallest absolute Gasteiger partial charge is 0.263 e. The van der Waals surface area contributed by atoms with Crippen molar-refractivity contribution in [2.45, 2.75) is 25.8 Å². The Labute approximate surface area is 118 Å². The predicted octanol–water partition coefficient (Wildman–Crippen LogP) is 4.35. The molecule has 0 saturated carbocycles. The highest BCUT2D eigenvalue weighted by Crippen LogP contribution is 2.18. The summed E-state index contributed by atoms with van der Waals surface area (Å²) >= 11 is 0. The van der Waals surface area contributed by atoms with Crippen molar-refractivity contribution in [1.82, 2.24) is 5.32 Å². The molecule has 3 heteroatoms. The van der Waals surface area contributed by atoms with E-state index in [4.69, 9.17) is 0 Å². The van der Waals surface area contributed by atoms with E-state index >= 15 is 0 Å². The highest BCUT2D eigenvalue weighted by molar-refractivity contribution is 5.23. The first kappa shape index (κ1) is 14.7. The molecule has 0 atom stereocenters. The van der Waals surface area contributed by atoms with Crippen LogP contribution in [0.15, 0.2) is 54.6 Å². The van der Waals surface area contributed by atoms with Gasteiger partial charge >= 0.3 is 0 Å². The number of alkyl halides is 2. The Morgan fingerprint density at radius 2 is 1.55 bits per heavy atom. The lowest BCUT2D eigenvalue weighted by atomic mass is 10.1. The molecule has 2 rings (SSSR count). The lowest BCUT2D eigenvalue weighted by Crippen LogP contribution is -2.15. The lowest BCUT2D eigenvalue weighted by Gasteiger charge is -2.06. The van der Waals surface area contributed by atoms with Crippen molar-refractivity contribution in [1.29, 1.82) is 0 Å². The molecule has 20 heavy (non-hydrogen) atoms. The van der Waals surface area contributed by atoms with Crippen LogP contribution in [0.3, 0.4) is 0 Å². The Bertz CT molecular complexity index is 494. The summed E-state index contributed by atoms with van der Waals surface area (Å²) in [6, 6.07) is 16.9. The van der Waals surface area contributed by atoms with Gasteiger partial charge in [0.15, 0.2) is 0 Å². The summed E-state index contributed by atoms with van der Waals surface area (Å²) in [5.41, 5.74) is 2.46. The summed E-state index contributed by atoms with van der Waals surface area (Å²) < 4.78 is 24.8. The van der Waals surface area contributed by atoms with E-state index in [1.54, 1.807) is 12.1 Å². The molecule has 0 bridgehead atoms. The molecule has 0 aliphatic rings. The van der Waals surface area contributed by atoms with Gasteiger partial charge < -0.3 is 5.32 Å². The van der Waals surface area contributed by atoms with Crippen molar-refractivity contribution in [3.05, 3.63) is 71.3 Å². The molecule has 0 fully saturated rings. The van der Waals surface area contributed by atoms with Crippen LogP contribution in [0.4, 0.5) is 8.78 Å². The molecule has 0 aliphatic carbocycles. The predicted molar refractivity (Wildman–Crippen MR) is 77.9 cm³/mol. The summed E-state index contributed by atoms with van der Waals surface area (Å²) in [7, 11) is 0. The number of halogens is 2. The van der Waals surface area contributed by atoms with Gasteiger partial charge in [-0.15, -0.1) is 0 Å². The molecule has 0 unspecified atom stereocenters. The molecule has 0 heterocycles. The maximum absolute atomic E-state index is 12.4. The average Bonchev–Trinajstić information content (AvgIpc) is 2.48. The van der Waals surface area contributed by atoms with Crippen molar-refractivity contribution in [3.63, 3.8) is 0 Å². The van der Waals surface area contributed by atoms with E-state index in [9.17, 15) is 8.78 Å². The third-order valence-electron chi connectivity index (χ3n) is 3.22. The fourth-order valence-electron chi connectivity index (χ4n) is 2.08. The zero-order valence-corrected chi connectivity index (χ0v) is 11.4. The van der Waals surface area contributed by atoms with E-state index in [-0.39, 0.29) is 5.56 Å². The molecule has 1 nitrogen and oxygen atoms in total. The zero-order valence-electron chi connectivity index (χ0n) is 11.4. The third-order valence-corrected chi connectivity index (χ3v) is 3.22. The number of rotatable bonds is 7. The second-order valence-corrected chi connectivity index (χ2v) is 4.81. The SMILES string of the molecule is FC(F)c1ccc(CNCCCc2ccccc2)cc1. The van der Waals surface area contributed by atoms with Crippen molar-refractivity contribution in [3.8, 4) is 0 Å². The Morgan fingerprint density at radius 3 is 2.20 bits per heavy atom. The molecule has 0 aliphatic heterocycles. The summed E-state index contributed by atoms with van der Waals surface area (Å²) in [5.74, 6) is 0. The highest BCUT2D eigenvalue weighted by atomic mass is 19.3. The first-order valence-corrected chi connectivity index (χ1v) is 6.87. The molecule has 2 aromatic rings. The van der Waals surface area contributed by atoms with Crippen LogP contribution in [0.2, 0.25) is 0 Å². The van der Waals surface area contributed by atoms with Crippen LogP contribution in [0.5, 0.6) is 0 Å². The molecule has 0 radical (unpaired) electrons.